The van der Waals surface area contributed by atoms with Crippen LogP contribution in [0, 0.1) is 13.8 Å². The maximum atomic E-state index is 12.6. The number of amides is 1. The van der Waals surface area contributed by atoms with Crippen LogP contribution < -0.4 is 10.1 Å². The van der Waals surface area contributed by atoms with Crippen LogP contribution in [0.15, 0.2) is 59.2 Å². The van der Waals surface area contributed by atoms with Gasteiger partial charge in [0.15, 0.2) is 0 Å². The molecule has 0 fully saturated rings. The van der Waals surface area contributed by atoms with Gasteiger partial charge in [-0.05, 0) is 78.3 Å². The molecule has 0 aliphatic rings. The Balaban J connectivity index is 1.38. The fourth-order valence-electron chi connectivity index (χ4n) is 3.22. The lowest BCUT2D eigenvalue weighted by Crippen LogP contribution is -2.12. The van der Waals surface area contributed by atoms with Crippen LogP contribution >= 0.6 is 27.5 Å². The minimum Gasteiger partial charge on any atom is -0.487 e. The quantitative estimate of drug-likeness (QED) is 0.370. The second-order valence-electron chi connectivity index (χ2n) is 7.31. The van der Waals surface area contributed by atoms with Gasteiger partial charge in [-0.1, -0.05) is 11.6 Å². The van der Waals surface area contributed by atoms with Gasteiger partial charge in [-0.25, -0.2) is 4.68 Å². The summed E-state index contributed by atoms with van der Waals surface area (Å²) in [5.41, 5.74) is 4.55. The zero-order chi connectivity index (χ0) is 22.8. The second kappa shape index (κ2) is 9.18. The predicted octanol–water partition coefficient (Wildman–Crippen LogP) is 5.47. The third-order valence-electron chi connectivity index (χ3n) is 4.92. The fourth-order valence-corrected chi connectivity index (χ4v) is 3.83. The third-order valence-corrected chi connectivity index (χ3v) is 6.13. The van der Waals surface area contributed by atoms with Crippen molar-refractivity contribution in [2.75, 3.05) is 5.32 Å². The van der Waals surface area contributed by atoms with Crippen LogP contribution in [0.25, 0.3) is 5.69 Å². The summed E-state index contributed by atoms with van der Waals surface area (Å²) in [7, 11) is 1.85. The maximum Gasteiger partial charge on any atom is 0.255 e. The first kappa shape index (κ1) is 22.1. The van der Waals surface area contributed by atoms with Gasteiger partial charge in [0.2, 0.25) is 0 Å². The first-order valence-corrected chi connectivity index (χ1v) is 11.0. The summed E-state index contributed by atoms with van der Waals surface area (Å²) in [6.45, 7) is 4.12. The summed E-state index contributed by atoms with van der Waals surface area (Å²) in [5.74, 6) is 0.456. The lowest BCUT2D eigenvalue weighted by atomic mass is 10.2. The molecule has 0 aliphatic carbocycles. The Hall–Kier alpha value is -3.10. The number of halogens is 2. The number of hydrogen-bond acceptors (Lipinski definition) is 4. The standard InChI is InChI=1S/C23H21BrClN5O2/c1-14-22(25)15(2)30(27-14)18-8-6-17(7-9-18)26-23(31)16-4-10-19(11-5-16)32-13-21-20(24)12-29(3)28-21/h4-12H,13H2,1-3H3,(H,26,31). The van der Waals surface area contributed by atoms with Crippen molar-refractivity contribution in [2.45, 2.75) is 20.5 Å². The van der Waals surface area contributed by atoms with E-state index in [4.69, 9.17) is 16.3 Å². The number of aryl methyl sites for hydroxylation is 2. The molecule has 1 N–H and O–H groups in total. The molecule has 0 saturated carbocycles. The molecule has 0 saturated heterocycles. The molecule has 4 rings (SSSR count). The van der Waals surface area contributed by atoms with Crippen LogP contribution in [-0.2, 0) is 13.7 Å². The van der Waals surface area contributed by atoms with E-state index in [1.807, 2.05) is 51.4 Å². The minimum atomic E-state index is -0.203. The van der Waals surface area contributed by atoms with E-state index in [9.17, 15) is 4.79 Å². The molecule has 2 aromatic heterocycles. The summed E-state index contributed by atoms with van der Waals surface area (Å²) in [5, 5.41) is 12.3. The van der Waals surface area contributed by atoms with E-state index in [2.05, 4.69) is 31.4 Å². The monoisotopic (exact) mass is 513 g/mol. The van der Waals surface area contributed by atoms with Crippen LogP contribution in [0.3, 0.4) is 0 Å². The molecule has 4 aromatic rings. The van der Waals surface area contributed by atoms with Gasteiger partial charge >= 0.3 is 0 Å². The second-order valence-corrected chi connectivity index (χ2v) is 8.54. The van der Waals surface area contributed by atoms with E-state index < -0.39 is 0 Å². The number of aromatic nitrogens is 4. The highest BCUT2D eigenvalue weighted by molar-refractivity contribution is 9.10. The van der Waals surface area contributed by atoms with Crippen molar-refractivity contribution in [3.8, 4) is 11.4 Å². The highest BCUT2D eigenvalue weighted by Gasteiger charge is 2.12. The maximum absolute atomic E-state index is 12.6. The van der Waals surface area contributed by atoms with Crippen molar-refractivity contribution in [3.63, 3.8) is 0 Å². The van der Waals surface area contributed by atoms with E-state index in [1.165, 1.54) is 0 Å². The minimum absolute atomic E-state index is 0.203. The predicted molar refractivity (Wildman–Crippen MR) is 128 cm³/mol. The number of hydrogen-bond donors (Lipinski definition) is 1. The van der Waals surface area contributed by atoms with Crippen LogP contribution in [0.5, 0.6) is 5.75 Å². The zero-order valence-corrected chi connectivity index (χ0v) is 20.1. The summed E-state index contributed by atoms with van der Waals surface area (Å²) in [4.78, 5) is 12.6. The van der Waals surface area contributed by atoms with Crippen molar-refractivity contribution in [2.24, 2.45) is 7.05 Å². The highest BCUT2D eigenvalue weighted by Crippen LogP contribution is 2.23. The van der Waals surface area contributed by atoms with E-state index in [0.717, 1.165) is 27.2 Å². The van der Waals surface area contributed by atoms with Crippen LogP contribution in [0.2, 0.25) is 5.02 Å². The molecule has 0 radical (unpaired) electrons. The topological polar surface area (TPSA) is 74.0 Å². The zero-order valence-electron chi connectivity index (χ0n) is 17.8. The molecule has 7 nitrogen and oxygen atoms in total. The Morgan fingerprint density at radius 3 is 2.34 bits per heavy atom. The molecule has 1 amide bonds. The molecule has 164 valence electrons. The number of carbonyl (C=O) groups excluding carboxylic acids is 1. The molecule has 32 heavy (non-hydrogen) atoms. The van der Waals surface area contributed by atoms with Crippen molar-refractivity contribution in [3.05, 3.63) is 86.9 Å². The molecular formula is C23H21BrClN5O2. The van der Waals surface area contributed by atoms with Gasteiger partial charge in [0.05, 0.1) is 26.6 Å². The molecule has 2 aromatic carbocycles. The number of nitrogens with one attached hydrogen (secondary N) is 1. The first-order chi connectivity index (χ1) is 15.3. The van der Waals surface area contributed by atoms with Gasteiger partial charge in [-0.3, -0.25) is 9.48 Å². The van der Waals surface area contributed by atoms with Crippen molar-refractivity contribution < 1.29 is 9.53 Å². The fraction of sp³-hybridized carbons (Fsp3) is 0.174. The van der Waals surface area contributed by atoms with Crippen molar-refractivity contribution in [1.29, 1.82) is 0 Å². The Labute approximate surface area is 199 Å². The molecule has 0 bridgehead atoms. The van der Waals surface area contributed by atoms with Gasteiger partial charge in [0.25, 0.3) is 5.91 Å². The average Bonchev–Trinajstić information content (AvgIpc) is 3.25. The molecule has 0 aliphatic heterocycles. The smallest absolute Gasteiger partial charge is 0.255 e. The Kier molecular flexibility index (Phi) is 6.34. The van der Waals surface area contributed by atoms with Crippen LogP contribution in [-0.4, -0.2) is 25.5 Å². The van der Waals surface area contributed by atoms with E-state index in [-0.39, 0.29) is 5.91 Å². The third kappa shape index (κ3) is 4.71. The molecule has 0 atom stereocenters. The van der Waals surface area contributed by atoms with Crippen LogP contribution in [0.1, 0.15) is 27.4 Å². The van der Waals surface area contributed by atoms with Crippen LogP contribution in [0.4, 0.5) is 5.69 Å². The number of nitrogens with zero attached hydrogens (tertiary/aromatic N) is 4. The van der Waals surface area contributed by atoms with Gasteiger partial charge in [0, 0.05) is 24.5 Å². The SMILES string of the molecule is Cc1nn(-c2ccc(NC(=O)c3ccc(OCc4nn(C)cc4Br)cc3)cc2)c(C)c1Cl. The van der Waals surface area contributed by atoms with Crippen molar-refractivity contribution >= 4 is 39.1 Å². The summed E-state index contributed by atoms with van der Waals surface area (Å²) in [6, 6.07) is 14.4. The number of ether oxygens (including phenoxy) is 1. The largest absolute Gasteiger partial charge is 0.487 e. The average molecular weight is 515 g/mol. The normalized spacial score (nSPS) is 10.9. The Bertz CT molecular complexity index is 1260. The van der Waals surface area contributed by atoms with E-state index >= 15 is 0 Å². The van der Waals surface area contributed by atoms with E-state index in [1.54, 1.807) is 33.6 Å². The van der Waals surface area contributed by atoms with Gasteiger partial charge < -0.3 is 10.1 Å². The molecular weight excluding hydrogens is 494 g/mol. The molecule has 9 heteroatoms. The molecule has 0 spiro atoms. The summed E-state index contributed by atoms with van der Waals surface area (Å²) < 4.78 is 10.2. The Morgan fingerprint density at radius 2 is 1.78 bits per heavy atom. The Morgan fingerprint density at radius 1 is 1.09 bits per heavy atom. The molecule has 0 unspecified atom stereocenters. The van der Waals surface area contributed by atoms with Gasteiger partial charge in [-0.2, -0.15) is 10.2 Å². The number of carbonyl (C=O) groups is 1. The lowest BCUT2D eigenvalue weighted by Gasteiger charge is -2.09. The van der Waals surface area contributed by atoms with Gasteiger partial charge in [-0.15, -0.1) is 0 Å². The van der Waals surface area contributed by atoms with Crippen molar-refractivity contribution in [1.82, 2.24) is 19.6 Å². The molecule has 2 heterocycles. The summed E-state index contributed by atoms with van der Waals surface area (Å²) >= 11 is 9.68. The van der Waals surface area contributed by atoms with Gasteiger partial charge in [0.1, 0.15) is 18.1 Å². The van der Waals surface area contributed by atoms with E-state index in [0.29, 0.717) is 28.6 Å². The lowest BCUT2D eigenvalue weighted by molar-refractivity contribution is 0.102. The first-order valence-electron chi connectivity index (χ1n) is 9.86. The number of benzene rings is 2. The summed E-state index contributed by atoms with van der Waals surface area (Å²) in [6.07, 6.45) is 1.87. The highest BCUT2D eigenvalue weighted by atomic mass is 79.9. The number of rotatable bonds is 6. The number of anilines is 1.